The maximum Gasteiger partial charge on any atom is 0.320 e. The molecule has 2 N–H and O–H groups in total. The van der Waals surface area contributed by atoms with Gasteiger partial charge in [0.25, 0.3) is 0 Å². The summed E-state index contributed by atoms with van der Waals surface area (Å²) in [6, 6.07) is -0.104. The van der Waals surface area contributed by atoms with Crippen LogP contribution in [0.25, 0.3) is 0 Å². The molecule has 1 saturated heterocycles. The van der Waals surface area contributed by atoms with Crippen LogP contribution in [-0.2, 0) is 9.53 Å². The third-order valence-electron chi connectivity index (χ3n) is 2.94. The van der Waals surface area contributed by atoms with Crippen LogP contribution < -0.4 is 5.32 Å². The minimum Gasteiger partial charge on any atom is -0.480 e. The summed E-state index contributed by atoms with van der Waals surface area (Å²) in [5.41, 5.74) is 0. The van der Waals surface area contributed by atoms with E-state index in [4.69, 9.17) is 9.84 Å². The number of rotatable bonds is 4. The Labute approximate surface area is 83.6 Å². The Balaban J connectivity index is 1.82. The number of carboxylic acids is 1. The maximum absolute atomic E-state index is 11.0. The lowest BCUT2D eigenvalue weighted by Gasteiger charge is -2.26. The van der Waals surface area contributed by atoms with E-state index in [1.165, 1.54) is 0 Å². The Morgan fingerprint density at radius 2 is 2.21 bits per heavy atom. The van der Waals surface area contributed by atoms with Gasteiger partial charge in [-0.1, -0.05) is 0 Å². The predicted molar refractivity (Wildman–Crippen MR) is 51.1 cm³/mol. The summed E-state index contributed by atoms with van der Waals surface area (Å²) in [5, 5.41) is 12.2. The molecule has 4 nitrogen and oxygen atoms in total. The fourth-order valence-corrected chi connectivity index (χ4v) is 1.96. The van der Waals surface area contributed by atoms with Gasteiger partial charge in [-0.05, 0) is 31.6 Å². The van der Waals surface area contributed by atoms with Crippen molar-refractivity contribution in [3.8, 4) is 0 Å². The Morgan fingerprint density at radius 3 is 2.71 bits per heavy atom. The zero-order chi connectivity index (χ0) is 9.97. The van der Waals surface area contributed by atoms with Gasteiger partial charge in [0.15, 0.2) is 0 Å². The first-order valence-corrected chi connectivity index (χ1v) is 5.34. The molecule has 14 heavy (non-hydrogen) atoms. The van der Waals surface area contributed by atoms with Crippen LogP contribution in [0.15, 0.2) is 0 Å². The largest absolute Gasteiger partial charge is 0.480 e. The van der Waals surface area contributed by atoms with Crippen LogP contribution >= 0.6 is 0 Å². The molecular weight excluding hydrogens is 182 g/mol. The van der Waals surface area contributed by atoms with E-state index in [0.717, 1.165) is 32.3 Å². The van der Waals surface area contributed by atoms with E-state index in [-0.39, 0.29) is 12.1 Å². The SMILES string of the molecule is O=C(O)C(NC1CCCOC1)C1CC1. The molecule has 1 saturated carbocycles. The normalized spacial score (nSPS) is 29.9. The van der Waals surface area contributed by atoms with Crippen LogP contribution in [-0.4, -0.2) is 36.4 Å². The first-order chi connectivity index (χ1) is 6.77. The van der Waals surface area contributed by atoms with Gasteiger partial charge in [-0.2, -0.15) is 0 Å². The molecule has 2 unspecified atom stereocenters. The molecule has 0 aromatic heterocycles. The number of carboxylic acid groups (broad SMARTS) is 1. The van der Waals surface area contributed by atoms with E-state index in [1.54, 1.807) is 0 Å². The van der Waals surface area contributed by atoms with Gasteiger partial charge in [0.1, 0.15) is 6.04 Å². The van der Waals surface area contributed by atoms with Gasteiger partial charge in [0.05, 0.1) is 6.61 Å². The van der Waals surface area contributed by atoms with Crippen molar-refractivity contribution >= 4 is 5.97 Å². The van der Waals surface area contributed by atoms with Crippen molar-refractivity contribution in [3.05, 3.63) is 0 Å². The molecule has 0 aromatic rings. The molecule has 1 aliphatic heterocycles. The molecule has 0 spiro atoms. The van der Waals surface area contributed by atoms with Gasteiger partial charge < -0.3 is 9.84 Å². The van der Waals surface area contributed by atoms with Crippen LogP contribution in [0.2, 0.25) is 0 Å². The topological polar surface area (TPSA) is 58.6 Å². The van der Waals surface area contributed by atoms with Crippen LogP contribution in [0.4, 0.5) is 0 Å². The van der Waals surface area contributed by atoms with E-state index in [0.29, 0.717) is 12.5 Å². The molecule has 1 heterocycles. The van der Waals surface area contributed by atoms with Gasteiger partial charge in [-0.25, -0.2) is 0 Å². The number of hydrogen-bond acceptors (Lipinski definition) is 3. The summed E-state index contributed by atoms with van der Waals surface area (Å²) in [6.45, 7) is 1.48. The predicted octanol–water partition coefficient (Wildman–Crippen LogP) is 0.618. The van der Waals surface area contributed by atoms with Crippen LogP contribution in [0, 0.1) is 5.92 Å². The third kappa shape index (κ3) is 2.45. The third-order valence-corrected chi connectivity index (χ3v) is 2.94. The van der Waals surface area contributed by atoms with Crippen molar-refractivity contribution < 1.29 is 14.6 Å². The van der Waals surface area contributed by atoms with E-state index < -0.39 is 5.97 Å². The van der Waals surface area contributed by atoms with Gasteiger partial charge in [-0.15, -0.1) is 0 Å². The molecule has 2 fully saturated rings. The Hall–Kier alpha value is -0.610. The summed E-state index contributed by atoms with van der Waals surface area (Å²) >= 11 is 0. The van der Waals surface area contributed by atoms with Crippen molar-refractivity contribution in [1.82, 2.24) is 5.32 Å². The number of carbonyl (C=O) groups is 1. The zero-order valence-electron chi connectivity index (χ0n) is 8.24. The highest BCUT2D eigenvalue weighted by molar-refractivity contribution is 5.74. The summed E-state index contributed by atoms with van der Waals surface area (Å²) in [5.74, 6) is -0.354. The highest BCUT2D eigenvalue weighted by Gasteiger charge is 2.37. The average Bonchev–Trinajstić information content (AvgIpc) is 2.99. The van der Waals surface area contributed by atoms with E-state index in [2.05, 4.69) is 5.32 Å². The van der Waals surface area contributed by atoms with Crippen LogP contribution in [0.5, 0.6) is 0 Å². The standard InChI is InChI=1S/C10H17NO3/c12-10(13)9(7-3-4-7)11-8-2-1-5-14-6-8/h7-9,11H,1-6H2,(H,12,13). The molecule has 80 valence electrons. The Bertz CT molecular complexity index is 209. The quantitative estimate of drug-likeness (QED) is 0.696. The Morgan fingerprint density at radius 1 is 1.43 bits per heavy atom. The summed E-state index contributed by atoms with van der Waals surface area (Å²) in [6.07, 6.45) is 4.18. The zero-order valence-corrected chi connectivity index (χ0v) is 8.24. The number of hydrogen-bond donors (Lipinski definition) is 2. The van der Waals surface area contributed by atoms with Crippen molar-refractivity contribution in [2.75, 3.05) is 13.2 Å². The number of nitrogens with one attached hydrogen (secondary N) is 1. The Kier molecular flexibility index (Phi) is 3.03. The van der Waals surface area contributed by atoms with Gasteiger partial charge >= 0.3 is 5.97 Å². The first-order valence-electron chi connectivity index (χ1n) is 5.34. The highest BCUT2D eigenvalue weighted by Crippen LogP contribution is 2.33. The molecular formula is C10H17NO3. The first kappa shape index (κ1) is 9.93. The second-order valence-corrected chi connectivity index (χ2v) is 4.23. The molecule has 0 bridgehead atoms. The minimum atomic E-state index is -0.710. The van der Waals surface area contributed by atoms with Gasteiger partial charge in [0, 0.05) is 12.6 Å². The number of aliphatic carboxylic acids is 1. The molecule has 2 atom stereocenters. The van der Waals surface area contributed by atoms with E-state index in [1.807, 2.05) is 0 Å². The molecule has 2 rings (SSSR count). The molecule has 0 amide bonds. The smallest absolute Gasteiger partial charge is 0.320 e. The molecule has 0 radical (unpaired) electrons. The average molecular weight is 199 g/mol. The maximum atomic E-state index is 11.0. The van der Waals surface area contributed by atoms with E-state index >= 15 is 0 Å². The lowest BCUT2D eigenvalue weighted by Crippen LogP contribution is -2.48. The minimum absolute atomic E-state index is 0.241. The molecule has 4 heteroatoms. The van der Waals surface area contributed by atoms with Crippen LogP contribution in [0.1, 0.15) is 25.7 Å². The van der Waals surface area contributed by atoms with Crippen molar-refractivity contribution in [1.29, 1.82) is 0 Å². The van der Waals surface area contributed by atoms with Crippen molar-refractivity contribution in [3.63, 3.8) is 0 Å². The second-order valence-electron chi connectivity index (χ2n) is 4.23. The fraction of sp³-hybridized carbons (Fsp3) is 0.900. The summed E-state index contributed by atoms with van der Waals surface area (Å²) in [4.78, 5) is 11.0. The monoisotopic (exact) mass is 199 g/mol. The second kappa shape index (κ2) is 4.28. The molecule has 0 aromatic carbocycles. The van der Waals surface area contributed by atoms with Crippen LogP contribution in [0.3, 0.4) is 0 Å². The summed E-state index contributed by atoms with van der Waals surface area (Å²) in [7, 11) is 0. The lowest BCUT2D eigenvalue weighted by atomic mass is 10.1. The van der Waals surface area contributed by atoms with E-state index in [9.17, 15) is 4.79 Å². The number of ether oxygens (including phenoxy) is 1. The van der Waals surface area contributed by atoms with Gasteiger partial charge in [-0.3, -0.25) is 10.1 Å². The molecule has 2 aliphatic rings. The van der Waals surface area contributed by atoms with Crippen molar-refractivity contribution in [2.45, 2.75) is 37.8 Å². The lowest BCUT2D eigenvalue weighted by molar-refractivity contribution is -0.140. The molecule has 1 aliphatic carbocycles. The fourth-order valence-electron chi connectivity index (χ4n) is 1.96. The highest BCUT2D eigenvalue weighted by atomic mass is 16.5. The summed E-state index contributed by atoms with van der Waals surface area (Å²) < 4.78 is 5.31. The van der Waals surface area contributed by atoms with Gasteiger partial charge in [0.2, 0.25) is 0 Å². The van der Waals surface area contributed by atoms with Crippen molar-refractivity contribution in [2.24, 2.45) is 5.92 Å².